The number of rotatable bonds is 5. The summed E-state index contributed by atoms with van der Waals surface area (Å²) in [6.45, 7) is 6.38. The Morgan fingerprint density at radius 3 is 2.71 bits per heavy atom. The number of carbonyl (C=O) groups is 1. The van der Waals surface area contributed by atoms with Crippen LogP contribution in [0.1, 0.15) is 46.5 Å². The second-order valence-electron chi connectivity index (χ2n) is 5.97. The van der Waals surface area contributed by atoms with E-state index in [0.717, 1.165) is 12.8 Å². The molecule has 0 aliphatic heterocycles. The summed E-state index contributed by atoms with van der Waals surface area (Å²) in [7, 11) is 0. The lowest BCUT2D eigenvalue weighted by molar-refractivity contribution is -0.123. The van der Waals surface area contributed by atoms with Gasteiger partial charge in [-0.3, -0.25) is 4.79 Å². The van der Waals surface area contributed by atoms with Gasteiger partial charge in [0.15, 0.2) is 0 Å². The molecule has 2 N–H and O–H groups in total. The third kappa shape index (κ3) is 4.90. The molecule has 1 aliphatic rings. The molecule has 2 unspecified atom stereocenters. The van der Waals surface area contributed by atoms with E-state index in [0.29, 0.717) is 18.8 Å². The quantitative estimate of drug-likeness (QED) is 0.723. The molecule has 0 fully saturated rings. The van der Waals surface area contributed by atoms with Crippen LogP contribution in [0.15, 0.2) is 12.2 Å². The van der Waals surface area contributed by atoms with Crippen LogP contribution in [0.3, 0.4) is 0 Å². The average Bonchev–Trinajstić information content (AvgIpc) is 2.68. The van der Waals surface area contributed by atoms with E-state index in [2.05, 4.69) is 38.2 Å². The molecule has 0 aromatic rings. The number of aliphatic hydroxyl groups excluding tert-OH is 1. The molecule has 3 nitrogen and oxygen atoms in total. The largest absolute Gasteiger partial charge is 0.396 e. The first-order valence-corrected chi connectivity index (χ1v) is 6.50. The molecule has 1 aliphatic carbocycles. The second kappa shape index (κ2) is 6.20. The van der Waals surface area contributed by atoms with Crippen molar-refractivity contribution in [3.63, 3.8) is 0 Å². The van der Waals surface area contributed by atoms with Crippen LogP contribution in [0, 0.1) is 11.3 Å². The van der Waals surface area contributed by atoms with E-state index in [1.807, 2.05) is 0 Å². The topological polar surface area (TPSA) is 49.3 Å². The Kier molecular flexibility index (Phi) is 5.19. The van der Waals surface area contributed by atoms with E-state index in [-0.39, 0.29) is 24.0 Å². The van der Waals surface area contributed by atoms with Gasteiger partial charge in [0.05, 0.1) is 0 Å². The number of allylic oxidation sites excluding steroid dienone is 2. The fourth-order valence-electron chi connectivity index (χ4n) is 2.21. The Balaban J connectivity index is 2.43. The number of hydrogen-bond donors (Lipinski definition) is 2. The van der Waals surface area contributed by atoms with Gasteiger partial charge in [-0.2, -0.15) is 0 Å². The van der Waals surface area contributed by atoms with Crippen LogP contribution in [0.5, 0.6) is 0 Å². The van der Waals surface area contributed by atoms with Crippen LogP contribution >= 0.6 is 0 Å². The Morgan fingerprint density at radius 1 is 1.53 bits per heavy atom. The maximum atomic E-state index is 11.9. The van der Waals surface area contributed by atoms with Crippen LogP contribution in [0.2, 0.25) is 0 Å². The van der Waals surface area contributed by atoms with E-state index in [1.54, 1.807) is 0 Å². The Morgan fingerprint density at radius 2 is 2.24 bits per heavy atom. The van der Waals surface area contributed by atoms with Crippen molar-refractivity contribution in [2.75, 3.05) is 6.61 Å². The molecular formula is C14H25NO2. The van der Waals surface area contributed by atoms with Gasteiger partial charge in [-0.15, -0.1) is 0 Å². The van der Waals surface area contributed by atoms with Crippen molar-refractivity contribution in [3.8, 4) is 0 Å². The zero-order chi connectivity index (χ0) is 12.9. The molecule has 3 heteroatoms. The standard InChI is InChI=1S/C14H25NO2/c1-14(2,3)12(8-9-16)15-13(17)10-11-6-4-5-7-11/h4,6,11-12,16H,5,7-10H2,1-3H3,(H,15,17). The lowest BCUT2D eigenvalue weighted by Gasteiger charge is -2.31. The van der Waals surface area contributed by atoms with Gasteiger partial charge in [-0.1, -0.05) is 32.9 Å². The molecule has 0 bridgehead atoms. The SMILES string of the molecule is CC(C)(C)C(CCO)NC(=O)CC1C=CCC1. The molecule has 0 aromatic heterocycles. The molecule has 2 atom stereocenters. The van der Waals surface area contributed by atoms with Crippen molar-refractivity contribution >= 4 is 5.91 Å². The zero-order valence-electron chi connectivity index (χ0n) is 11.2. The van der Waals surface area contributed by atoms with E-state index in [4.69, 9.17) is 5.11 Å². The Bertz CT molecular complexity index is 278. The highest BCUT2D eigenvalue weighted by Gasteiger charge is 2.26. The molecule has 98 valence electrons. The monoisotopic (exact) mass is 239 g/mol. The van der Waals surface area contributed by atoms with Gasteiger partial charge in [0, 0.05) is 19.1 Å². The van der Waals surface area contributed by atoms with Crippen LogP contribution in [0.4, 0.5) is 0 Å². The lowest BCUT2D eigenvalue weighted by Crippen LogP contribution is -2.44. The summed E-state index contributed by atoms with van der Waals surface area (Å²) in [4.78, 5) is 11.9. The van der Waals surface area contributed by atoms with Crippen molar-refractivity contribution < 1.29 is 9.90 Å². The number of nitrogens with one attached hydrogen (secondary N) is 1. The number of aliphatic hydroxyl groups is 1. The third-order valence-corrected chi connectivity index (χ3v) is 3.36. The first-order chi connectivity index (χ1) is 7.93. The molecule has 0 saturated carbocycles. The number of carbonyl (C=O) groups excluding carboxylic acids is 1. The highest BCUT2D eigenvalue weighted by atomic mass is 16.3. The maximum absolute atomic E-state index is 11.9. The van der Waals surface area contributed by atoms with Gasteiger partial charge in [0.1, 0.15) is 0 Å². The summed E-state index contributed by atoms with van der Waals surface area (Å²) in [6, 6.07) is 0.0467. The van der Waals surface area contributed by atoms with E-state index >= 15 is 0 Å². The predicted molar refractivity (Wildman–Crippen MR) is 69.6 cm³/mol. The lowest BCUT2D eigenvalue weighted by atomic mass is 9.84. The van der Waals surface area contributed by atoms with Gasteiger partial charge in [0.2, 0.25) is 5.91 Å². The van der Waals surface area contributed by atoms with Gasteiger partial charge in [0.25, 0.3) is 0 Å². The molecule has 1 amide bonds. The molecule has 0 aromatic carbocycles. The van der Waals surface area contributed by atoms with Crippen LogP contribution < -0.4 is 5.32 Å². The fraction of sp³-hybridized carbons (Fsp3) is 0.786. The number of amides is 1. The molecule has 1 rings (SSSR count). The van der Waals surface area contributed by atoms with Crippen LogP contribution in [-0.2, 0) is 4.79 Å². The second-order valence-corrected chi connectivity index (χ2v) is 5.97. The highest BCUT2D eigenvalue weighted by molar-refractivity contribution is 5.76. The average molecular weight is 239 g/mol. The van der Waals surface area contributed by atoms with Crippen molar-refractivity contribution in [3.05, 3.63) is 12.2 Å². The Labute approximate surface area is 104 Å². The minimum absolute atomic E-state index is 0.0100. The van der Waals surface area contributed by atoms with E-state index in [1.165, 1.54) is 0 Å². The van der Waals surface area contributed by atoms with Crippen molar-refractivity contribution in [2.45, 2.75) is 52.5 Å². The van der Waals surface area contributed by atoms with Crippen LogP contribution in [-0.4, -0.2) is 23.7 Å². The summed E-state index contributed by atoms with van der Waals surface area (Å²) in [5.74, 6) is 0.514. The highest BCUT2D eigenvalue weighted by Crippen LogP contribution is 2.23. The fourth-order valence-corrected chi connectivity index (χ4v) is 2.21. The summed E-state index contributed by atoms with van der Waals surface area (Å²) >= 11 is 0. The third-order valence-electron chi connectivity index (χ3n) is 3.36. The normalized spacial score (nSPS) is 21.5. The summed E-state index contributed by atoms with van der Waals surface area (Å²) in [5, 5.41) is 12.1. The molecule has 0 spiro atoms. The van der Waals surface area contributed by atoms with Crippen molar-refractivity contribution in [1.82, 2.24) is 5.32 Å². The molecular weight excluding hydrogens is 214 g/mol. The molecule has 17 heavy (non-hydrogen) atoms. The Hall–Kier alpha value is -0.830. The minimum atomic E-state index is -0.0100. The summed E-state index contributed by atoms with van der Waals surface area (Å²) in [5.41, 5.74) is -0.0100. The zero-order valence-corrected chi connectivity index (χ0v) is 11.2. The predicted octanol–water partition coefficient (Wildman–Crippen LogP) is 2.26. The first-order valence-electron chi connectivity index (χ1n) is 6.50. The number of hydrogen-bond acceptors (Lipinski definition) is 2. The molecule has 0 heterocycles. The van der Waals surface area contributed by atoms with E-state index in [9.17, 15) is 4.79 Å². The van der Waals surface area contributed by atoms with Crippen molar-refractivity contribution in [2.24, 2.45) is 11.3 Å². The van der Waals surface area contributed by atoms with Gasteiger partial charge in [-0.25, -0.2) is 0 Å². The molecule has 0 radical (unpaired) electrons. The van der Waals surface area contributed by atoms with Gasteiger partial charge >= 0.3 is 0 Å². The van der Waals surface area contributed by atoms with Gasteiger partial charge in [-0.05, 0) is 30.6 Å². The van der Waals surface area contributed by atoms with Gasteiger partial charge < -0.3 is 10.4 Å². The van der Waals surface area contributed by atoms with Crippen molar-refractivity contribution in [1.29, 1.82) is 0 Å². The molecule has 0 saturated heterocycles. The summed E-state index contributed by atoms with van der Waals surface area (Å²) < 4.78 is 0. The van der Waals surface area contributed by atoms with E-state index < -0.39 is 0 Å². The van der Waals surface area contributed by atoms with Crippen LogP contribution in [0.25, 0.3) is 0 Å². The smallest absolute Gasteiger partial charge is 0.220 e. The summed E-state index contributed by atoms with van der Waals surface area (Å²) in [6.07, 6.45) is 7.67. The first kappa shape index (κ1) is 14.2. The minimum Gasteiger partial charge on any atom is -0.396 e. The maximum Gasteiger partial charge on any atom is 0.220 e.